The molecule has 0 fully saturated rings. The second-order valence-corrected chi connectivity index (χ2v) is 26.0. The lowest BCUT2D eigenvalue weighted by Crippen LogP contribution is -2.35. The number of nitro benzene ring substituents is 2. The first-order valence-electron chi connectivity index (χ1n) is 29.7. The average molecular weight is 1260 g/mol. The molecule has 12 rings (SSSR count). The summed E-state index contributed by atoms with van der Waals surface area (Å²) in [5.41, 5.74) is 13.7. The van der Waals surface area contributed by atoms with Crippen molar-refractivity contribution in [3.8, 4) is 0 Å². The Bertz CT molecular complexity index is 4140. The van der Waals surface area contributed by atoms with E-state index in [4.69, 9.17) is 5.73 Å². The molecule has 0 radical (unpaired) electrons. The molecule has 5 heterocycles. The lowest BCUT2D eigenvalue weighted by atomic mass is 9.92. The van der Waals surface area contributed by atoms with Gasteiger partial charge in [-0.3, -0.25) is 44.2 Å². The van der Waals surface area contributed by atoms with Crippen molar-refractivity contribution >= 4 is 58.0 Å². The van der Waals surface area contributed by atoms with Crippen molar-refractivity contribution in [2.45, 2.75) is 123 Å². The van der Waals surface area contributed by atoms with Gasteiger partial charge in [-0.15, -0.1) is 0 Å². The fourth-order valence-corrected chi connectivity index (χ4v) is 11.8. The van der Waals surface area contributed by atoms with Crippen LogP contribution in [0.1, 0.15) is 186 Å². The zero-order valence-electron chi connectivity index (χ0n) is 54.4. The molecule has 22 heteroatoms. The van der Waals surface area contributed by atoms with Gasteiger partial charge in [0.25, 0.3) is 35.2 Å². The highest BCUT2D eigenvalue weighted by atomic mass is 19.1. The Morgan fingerprint density at radius 3 is 1.23 bits per heavy atom. The Morgan fingerprint density at radius 2 is 0.793 bits per heavy atom. The second-order valence-electron chi connectivity index (χ2n) is 26.0. The third-order valence-electron chi connectivity index (χ3n) is 18.6. The van der Waals surface area contributed by atoms with Gasteiger partial charge in [-0.1, -0.05) is 72.8 Å². The van der Waals surface area contributed by atoms with Gasteiger partial charge in [-0.05, 0) is 171 Å². The zero-order valence-corrected chi connectivity index (χ0v) is 54.4. The number of nitrogen functional groups attached to an aromatic ring is 1. The van der Waals surface area contributed by atoms with E-state index < -0.39 is 32.4 Å². The van der Waals surface area contributed by atoms with Gasteiger partial charge in [-0.25, -0.2) is 8.78 Å². The van der Waals surface area contributed by atoms with Gasteiger partial charge in [0, 0.05) is 80.2 Å². The second kappa shape index (κ2) is 24.9. The van der Waals surface area contributed by atoms with E-state index in [9.17, 15) is 57.4 Å². The van der Waals surface area contributed by atoms with E-state index in [1.165, 1.54) is 40.8 Å². The summed E-state index contributed by atoms with van der Waals surface area (Å²) in [6, 6.07) is 37.6. The molecule has 19 nitrogen and oxygen atoms in total. The first kappa shape index (κ1) is 67.8. The number of anilines is 3. The molecule has 0 aliphatic carbocycles. The fraction of sp³-hybridized carbons (Fsp3) is 0.329. The molecule has 5 N–H and O–H groups in total. The summed E-state index contributed by atoms with van der Waals surface area (Å²) in [5.74, 6) is -2.41. The number of carbonyl (C=O) groups is 5. The molecule has 7 aromatic carbocycles. The largest absolute Gasteiger partial charge is 0.397 e. The number of rotatable bonds is 8. The summed E-state index contributed by atoms with van der Waals surface area (Å²) in [5, 5.41) is 31.6. The smallest absolute Gasteiger partial charge is 0.305 e. The molecule has 0 saturated heterocycles. The van der Waals surface area contributed by atoms with Crippen LogP contribution in [0.3, 0.4) is 0 Å². The number of benzene rings is 7. The van der Waals surface area contributed by atoms with Gasteiger partial charge in [0.15, 0.2) is 0 Å². The van der Waals surface area contributed by atoms with E-state index in [0.717, 1.165) is 45.6 Å². The molecule has 2 atom stereocenters. The third kappa shape index (κ3) is 12.6. The van der Waals surface area contributed by atoms with Crippen molar-refractivity contribution in [3.63, 3.8) is 0 Å². The Labute approximate surface area is 533 Å². The molecule has 0 unspecified atom stereocenters. The molecular weight excluding hydrogens is 1180 g/mol. The molecule has 5 aliphatic rings. The summed E-state index contributed by atoms with van der Waals surface area (Å²) < 4.78 is 39.2. The lowest BCUT2D eigenvalue weighted by Gasteiger charge is -2.28. The third-order valence-corrected chi connectivity index (χ3v) is 18.6. The molecule has 482 valence electrons. The van der Waals surface area contributed by atoms with Crippen molar-refractivity contribution in [2.75, 3.05) is 44.6 Å². The minimum atomic E-state index is -0.979. The van der Waals surface area contributed by atoms with Crippen molar-refractivity contribution in [1.29, 1.82) is 0 Å². The summed E-state index contributed by atoms with van der Waals surface area (Å²) >= 11 is 0. The molecule has 5 amide bonds. The van der Waals surface area contributed by atoms with Crippen LogP contribution in [0.2, 0.25) is 0 Å². The fourth-order valence-electron chi connectivity index (χ4n) is 11.8. The molecule has 0 saturated carbocycles. The molecule has 7 aromatic rings. The van der Waals surface area contributed by atoms with Crippen LogP contribution >= 0.6 is 0 Å². The van der Waals surface area contributed by atoms with E-state index in [-0.39, 0.29) is 81.1 Å². The quantitative estimate of drug-likeness (QED) is 0.0630. The Morgan fingerprint density at radius 1 is 0.446 bits per heavy atom. The molecule has 0 bridgehead atoms. The Kier molecular flexibility index (Phi) is 18.4. The maximum atomic E-state index is 13.4. The first-order valence-corrected chi connectivity index (χ1v) is 29.7. The van der Waals surface area contributed by atoms with Crippen LogP contribution < -0.4 is 21.7 Å². The van der Waals surface area contributed by atoms with E-state index in [2.05, 4.69) is 35.0 Å². The number of amides is 5. The summed E-state index contributed by atoms with van der Waals surface area (Å²) in [6.07, 6.45) is 0. The molecule has 5 aliphatic heterocycles. The van der Waals surface area contributed by atoms with Crippen molar-refractivity contribution in [3.05, 3.63) is 238 Å². The van der Waals surface area contributed by atoms with E-state index in [1.54, 1.807) is 67.9 Å². The number of fused-ring (bicyclic) bond motifs is 5. The number of nitrogens with zero attached hydrogens (tertiary/aromatic N) is 6. The molecule has 0 aromatic heterocycles. The number of carbonyl (C=O) groups excluding carboxylic acids is 5. The minimum absolute atomic E-state index is 0.0160. The number of hydrogen-bond donors (Lipinski definition) is 4. The van der Waals surface area contributed by atoms with Crippen LogP contribution in [-0.4, -0.2) is 87.2 Å². The van der Waals surface area contributed by atoms with Crippen LogP contribution in [0.5, 0.6) is 0 Å². The highest BCUT2D eigenvalue weighted by Crippen LogP contribution is 2.45. The normalized spacial score (nSPS) is 17.3. The number of nitro groups is 2. The first-order chi connectivity index (χ1) is 42.8. The lowest BCUT2D eigenvalue weighted by molar-refractivity contribution is -0.387. The Hall–Kier alpha value is -10.1. The maximum Gasteiger partial charge on any atom is 0.305 e. The summed E-state index contributed by atoms with van der Waals surface area (Å²) in [6.45, 7) is 23.1. The molecular formula is C70H77F3N10O9. The van der Waals surface area contributed by atoms with Gasteiger partial charge >= 0.3 is 5.69 Å². The van der Waals surface area contributed by atoms with Gasteiger partial charge in [0.1, 0.15) is 17.3 Å². The number of nitrogens with one attached hydrogen (secondary N) is 3. The van der Waals surface area contributed by atoms with Gasteiger partial charge in [0.2, 0.25) is 5.82 Å². The standard InChI is InChI=1S/C19H21N3O3.C19H23N3O.C11H11FN2O3.C11H12FNO.C10H10FNO/c1-12(13-8-6-5-7-9-13)20-16-10-14-15(11-17(16)22(24)25)19(2,3)21(4)18(14)23;1-12(13-8-6-5-7-9-13)21-17-10-14-15(11-16(17)20)19(2,3)22(4)18(14)23;1-11(2)7-5-9(14(16)17)8(12)4-6(7)10(15)13(11)3;1-11(2)9-5-4-7(12)6-8(9)10(14)13(11)3;1-10(2)8-4-3-6(11)5-7(8)9(13)12-10/h5-12,20H,1-4H3;5-12,21H,20H2,1-4H3;4-5H,1-3H3;4-6H,1-3H3;3-5H,1-2H3,(H,12,13)/t2*12-;;;/m00.../s1. The average Bonchev–Trinajstić information content (AvgIpc) is 1.65. The van der Waals surface area contributed by atoms with Crippen molar-refractivity contribution < 1.29 is 47.0 Å². The molecule has 92 heavy (non-hydrogen) atoms. The predicted molar refractivity (Wildman–Crippen MR) is 348 cm³/mol. The highest BCUT2D eigenvalue weighted by molar-refractivity contribution is 6.03. The van der Waals surface area contributed by atoms with E-state index >= 15 is 0 Å². The van der Waals surface area contributed by atoms with Gasteiger partial charge in [0.05, 0.1) is 48.9 Å². The SMILES string of the molecule is CC1(C)NC(=O)c2cc(F)ccc21.CN1C(=O)c2cc(F)c([N+](=O)[O-])cc2C1(C)C.CN1C(=O)c2cc(F)ccc2C1(C)C.C[C@H](Nc1cc2c(cc1N)C(C)(C)N(C)C2=O)c1ccccc1.C[C@H](Nc1cc2c(cc1[N+](=O)[O-])C(C)(C)N(C)C2=O)c1ccccc1. The van der Waals surface area contributed by atoms with Crippen LogP contribution in [0, 0.1) is 37.7 Å². The monoisotopic (exact) mass is 1260 g/mol. The minimum Gasteiger partial charge on any atom is -0.397 e. The highest BCUT2D eigenvalue weighted by Gasteiger charge is 2.46. The van der Waals surface area contributed by atoms with Crippen LogP contribution in [-0.2, 0) is 27.7 Å². The number of nitrogens with two attached hydrogens (primary N) is 1. The van der Waals surface area contributed by atoms with Gasteiger partial charge in [-0.2, -0.15) is 4.39 Å². The van der Waals surface area contributed by atoms with Crippen LogP contribution in [0.25, 0.3) is 0 Å². The van der Waals surface area contributed by atoms with E-state index in [0.29, 0.717) is 39.2 Å². The van der Waals surface area contributed by atoms with Crippen LogP contribution in [0.4, 0.5) is 41.6 Å². The Balaban J connectivity index is 0.000000151. The van der Waals surface area contributed by atoms with Crippen molar-refractivity contribution in [1.82, 2.24) is 24.9 Å². The number of hydrogen-bond acceptors (Lipinski definition) is 12. The topological polar surface area (TPSA) is 247 Å². The van der Waals surface area contributed by atoms with Crippen LogP contribution in [0.15, 0.2) is 133 Å². The maximum absolute atomic E-state index is 13.4. The predicted octanol–water partition coefficient (Wildman–Crippen LogP) is 13.9. The van der Waals surface area contributed by atoms with Gasteiger partial charge < -0.3 is 41.3 Å². The number of halogens is 3. The van der Waals surface area contributed by atoms with E-state index in [1.807, 2.05) is 130 Å². The summed E-state index contributed by atoms with van der Waals surface area (Å²) in [7, 11) is 6.87. The summed E-state index contributed by atoms with van der Waals surface area (Å²) in [4.78, 5) is 87.5. The zero-order chi connectivity index (χ0) is 68.2. The van der Waals surface area contributed by atoms with Crippen molar-refractivity contribution in [2.24, 2.45) is 0 Å². The molecule has 0 spiro atoms.